The van der Waals surface area contributed by atoms with Crippen molar-refractivity contribution in [3.8, 4) is 5.75 Å². The maximum absolute atomic E-state index is 12.1. The highest BCUT2D eigenvalue weighted by atomic mass is 35.5. The number of ether oxygens (including phenoxy) is 1. The van der Waals surface area contributed by atoms with E-state index in [4.69, 9.17) is 16.3 Å². The van der Waals surface area contributed by atoms with Crippen LogP contribution in [0.2, 0.25) is 5.02 Å². The third-order valence-corrected chi connectivity index (χ3v) is 3.99. The van der Waals surface area contributed by atoms with Gasteiger partial charge in [-0.05, 0) is 55.5 Å². The lowest BCUT2D eigenvalue weighted by Gasteiger charge is -2.15. The van der Waals surface area contributed by atoms with E-state index in [-0.39, 0.29) is 11.8 Å². The first-order valence-electron chi connectivity index (χ1n) is 8.69. The van der Waals surface area contributed by atoms with Gasteiger partial charge in [0.25, 0.3) is 11.8 Å². The first-order valence-corrected chi connectivity index (χ1v) is 9.07. The third-order valence-electron chi connectivity index (χ3n) is 3.73. The van der Waals surface area contributed by atoms with Gasteiger partial charge in [0, 0.05) is 22.2 Å². The van der Waals surface area contributed by atoms with Crippen LogP contribution < -0.4 is 20.9 Å². The molecule has 0 aromatic heterocycles. The Morgan fingerprint density at radius 3 is 2.04 bits per heavy atom. The van der Waals surface area contributed by atoms with Crippen LogP contribution in [0.1, 0.15) is 31.1 Å². The molecule has 7 nitrogen and oxygen atoms in total. The topological polar surface area (TPSA) is 96.5 Å². The molecule has 1 atom stereocenters. The summed E-state index contributed by atoms with van der Waals surface area (Å²) < 4.78 is 5.48. The SMILES string of the molecule is CC(C)C(=O)Nc1ccc(C(=O)NNC(=O)C(C)Oc2ccc(Cl)cc2)cc1. The Morgan fingerprint density at radius 2 is 1.46 bits per heavy atom. The number of rotatable bonds is 6. The number of carbonyl (C=O) groups is 3. The van der Waals surface area contributed by atoms with Gasteiger partial charge in [0.1, 0.15) is 5.75 Å². The van der Waals surface area contributed by atoms with Gasteiger partial charge in [0.05, 0.1) is 0 Å². The minimum Gasteiger partial charge on any atom is -0.481 e. The van der Waals surface area contributed by atoms with Crippen LogP contribution in [0.4, 0.5) is 5.69 Å². The predicted octanol–water partition coefficient (Wildman–Crippen LogP) is 3.16. The van der Waals surface area contributed by atoms with Gasteiger partial charge in [0.15, 0.2) is 6.10 Å². The van der Waals surface area contributed by atoms with Gasteiger partial charge in [0.2, 0.25) is 5.91 Å². The van der Waals surface area contributed by atoms with E-state index in [0.29, 0.717) is 22.0 Å². The highest BCUT2D eigenvalue weighted by molar-refractivity contribution is 6.30. The number of nitrogens with one attached hydrogen (secondary N) is 3. The first kappa shape index (κ1) is 21.2. The average Bonchev–Trinajstić information content (AvgIpc) is 2.68. The molecule has 0 bridgehead atoms. The maximum atomic E-state index is 12.1. The van der Waals surface area contributed by atoms with Crippen molar-refractivity contribution in [2.24, 2.45) is 5.92 Å². The molecule has 2 rings (SSSR count). The molecule has 2 aromatic carbocycles. The van der Waals surface area contributed by atoms with Crippen molar-refractivity contribution in [3.05, 3.63) is 59.1 Å². The van der Waals surface area contributed by atoms with Crippen LogP contribution in [0.3, 0.4) is 0 Å². The van der Waals surface area contributed by atoms with E-state index >= 15 is 0 Å². The Morgan fingerprint density at radius 1 is 0.857 bits per heavy atom. The minimum atomic E-state index is -0.824. The summed E-state index contributed by atoms with van der Waals surface area (Å²) in [4.78, 5) is 35.9. The molecule has 2 aromatic rings. The van der Waals surface area contributed by atoms with E-state index in [0.717, 1.165) is 0 Å². The van der Waals surface area contributed by atoms with Gasteiger partial charge in [-0.25, -0.2) is 0 Å². The molecule has 3 N–H and O–H groups in total. The highest BCUT2D eigenvalue weighted by Gasteiger charge is 2.16. The van der Waals surface area contributed by atoms with Gasteiger partial charge in [-0.3, -0.25) is 25.2 Å². The summed E-state index contributed by atoms with van der Waals surface area (Å²) in [5, 5.41) is 3.30. The Kier molecular flexibility index (Phi) is 7.40. The molecule has 0 fully saturated rings. The van der Waals surface area contributed by atoms with Crippen molar-refractivity contribution in [1.29, 1.82) is 0 Å². The zero-order valence-corrected chi connectivity index (χ0v) is 16.5. The van der Waals surface area contributed by atoms with Crippen molar-refractivity contribution >= 4 is 35.0 Å². The molecule has 0 heterocycles. The predicted molar refractivity (Wildman–Crippen MR) is 107 cm³/mol. The Bertz CT molecular complexity index is 836. The molecule has 0 spiro atoms. The molecule has 3 amide bonds. The fourth-order valence-electron chi connectivity index (χ4n) is 2.05. The van der Waals surface area contributed by atoms with Crippen LogP contribution in [0, 0.1) is 5.92 Å². The van der Waals surface area contributed by atoms with Crippen LogP contribution in [-0.4, -0.2) is 23.8 Å². The molecular weight excluding hydrogens is 382 g/mol. The van der Waals surface area contributed by atoms with Gasteiger partial charge in [-0.2, -0.15) is 0 Å². The maximum Gasteiger partial charge on any atom is 0.279 e. The second-order valence-corrected chi connectivity index (χ2v) is 6.82. The van der Waals surface area contributed by atoms with Crippen LogP contribution in [-0.2, 0) is 9.59 Å². The molecule has 148 valence electrons. The number of hydrogen-bond acceptors (Lipinski definition) is 4. The molecule has 28 heavy (non-hydrogen) atoms. The number of amides is 3. The second kappa shape index (κ2) is 9.75. The molecule has 0 aliphatic rings. The monoisotopic (exact) mass is 403 g/mol. The molecule has 0 aliphatic heterocycles. The molecule has 0 radical (unpaired) electrons. The molecule has 0 aliphatic carbocycles. The van der Waals surface area contributed by atoms with E-state index in [1.165, 1.54) is 0 Å². The standard InChI is InChI=1S/C20H22ClN3O4/c1-12(2)18(25)22-16-8-4-14(5-9-16)20(27)24-23-19(26)13(3)28-17-10-6-15(21)7-11-17/h4-13H,1-3H3,(H,22,25)(H,23,26)(H,24,27). The van der Waals surface area contributed by atoms with Crippen LogP contribution in [0.5, 0.6) is 5.75 Å². The summed E-state index contributed by atoms with van der Waals surface area (Å²) in [5.41, 5.74) is 5.56. The quantitative estimate of drug-likeness (QED) is 0.645. The fourth-order valence-corrected chi connectivity index (χ4v) is 2.18. The Balaban J connectivity index is 1.84. The van der Waals surface area contributed by atoms with Crippen molar-refractivity contribution in [2.45, 2.75) is 26.9 Å². The summed E-state index contributed by atoms with van der Waals surface area (Å²) in [6.07, 6.45) is -0.824. The van der Waals surface area contributed by atoms with E-state index in [2.05, 4.69) is 16.2 Å². The normalized spacial score (nSPS) is 11.5. The van der Waals surface area contributed by atoms with Gasteiger partial charge in [-0.1, -0.05) is 25.4 Å². The summed E-state index contributed by atoms with van der Waals surface area (Å²) in [7, 11) is 0. The lowest BCUT2D eigenvalue weighted by atomic mass is 10.1. The Labute approximate surface area is 168 Å². The van der Waals surface area contributed by atoms with E-state index in [1.54, 1.807) is 69.3 Å². The highest BCUT2D eigenvalue weighted by Crippen LogP contribution is 2.16. The number of anilines is 1. The number of benzene rings is 2. The van der Waals surface area contributed by atoms with Gasteiger partial charge < -0.3 is 10.1 Å². The van der Waals surface area contributed by atoms with Crippen molar-refractivity contribution in [3.63, 3.8) is 0 Å². The zero-order valence-electron chi connectivity index (χ0n) is 15.8. The molecule has 0 saturated carbocycles. The van der Waals surface area contributed by atoms with Crippen molar-refractivity contribution < 1.29 is 19.1 Å². The second-order valence-electron chi connectivity index (χ2n) is 6.38. The fraction of sp³-hybridized carbons (Fsp3) is 0.250. The van der Waals surface area contributed by atoms with E-state index in [9.17, 15) is 14.4 Å². The number of hydrazine groups is 1. The van der Waals surface area contributed by atoms with Crippen LogP contribution >= 0.6 is 11.6 Å². The van der Waals surface area contributed by atoms with Crippen molar-refractivity contribution in [2.75, 3.05) is 5.32 Å². The van der Waals surface area contributed by atoms with Gasteiger partial charge >= 0.3 is 0 Å². The largest absolute Gasteiger partial charge is 0.481 e. The molecule has 0 saturated heterocycles. The molecule has 1 unspecified atom stereocenters. The van der Waals surface area contributed by atoms with Gasteiger partial charge in [-0.15, -0.1) is 0 Å². The Hall–Kier alpha value is -3.06. The summed E-state index contributed by atoms with van der Waals surface area (Å²) in [5.74, 6) is -0.773. The minimum absolute atomic E-state index is 0.112. The lowest BCUT2D eigenvalue weighted by molar-refractivity contribution is -0.128. The number of halogens is 1. The van der Waals surface area contributed by atoms with Crippen LogP contribution in [0.15, 0.2) is 48.5 Å². The third kappa shape index (κ3) is 6.28. The number of carbonyl (C=O) groups excluding carboxylic acids is 3. The molecule has 8 heteroatoms. The average molecular weight is 404 g/mol. The first-order chi connectivity index (χ1) is 13.3. The smallest absolute Gasteiger partial charge is 0.279 e. The molecular formula is C20H22ClN3O4. The summed E-state index contributed by atoms with van der Waals surface area (Å²) in [6, 6.07) is 12.9. The van der Waals surface area contributed by atoms with Crippen molar-refractivity contribution in [1.82, 2.24) is 10.9 Å². The number of hydrogen-bond donors (Lipinski definition) is 3. The van der Waals surface area contributed by atoms with E-state index < -0.39 is 17.9 Å². The van der Waals surface area contributed by atoms with E-state index in [1.807, 2.05) is 0 Å². The summed E-state index contributed by atoms with van der Waals surface area (Å²) >= 11 is 5.80. The van der Waals surface area contributed by atoms with Crippen LogP contribution in [0.25, 0.3) is 0 Å². The lowest BCUT2D eigenvalue weighted by Crippen LogP contribution is -2.47. The zero-order chi connectivity index (χ0) is 20.7. The summed E-state index contributed by atoms with van der Waals surface area (Å²) in [6.45, 7) is 5.14.